The van der Waals surface area contributed by atoms with E-state index in [2.05, 4.69) is 10.1 Å². The van der Waals surface area contributed by atoms with Gasteiger partial charge in [0, 0.05) is 25.9 Å². The molecule has 2 aromatic rings. The van der Waals surface area contributed by atoms with Gasteiger partial charge >= 0.3 is 18.1 Å². The van der Waals surface area contributed by atoms with Crippen LogP contribution in [-0.2, 0) is 31.0 Å². The molecule has 1 saturated heterocycles. The number of halogens is 3. The lowest BCUT2D eigenvalue weighted by Gasteiger charge is -2.23. The molecule has 1 aromatic carbocycles. The van der Waals surface area contributed by atoms with E-state index in [1.807, 2.05) is 0 Å². The van der Waals surface area contributed by atoms with Gasteiger partial charge in [-0.15, -0.1) is 13.2 Å². The number of carbonyl (C=O) groups excluding carboxylic acids is 2. The molecule has 1 atom stereocenters. The fourth-order valence-corrected chi connectivity index (χ4v) is 3.12. The van der Waals surface area contributed by atoms with Crippen molar-refractivity contribution in [3.05, 3.63) is 62.4 Å². The normalized spacial score (nSPS) is 19.2. The summed E-state index contributed by atoms with van der Waals surface area (Å²) in [5.74, 6) is -1.16. The number of hydrogen-bond donors (Lipinski definition) is 1. The molecule has 1 aromatic heterocycles. The van der Waals surface area contributed by atoms with Crippen molar-refractivity contribution in [1.82, 2.24) is 19.4 Å². The van der Waals surface area contributed by atoms with E-state index in [9.17, 15) is 32.3 Å². The highest BCUT2D eigenvalue weighted by atomic mass is 19.4. The molecular formula is C18H17F3N4O5. The number of urea groups is 1. The average Bonchev–Trinajstić information content (AvgIpc) is 2.87. The standard InChI is InChI=1S/C18H17F3N4O5/c1-17(10-4-6-12(7-5-10)30-18(19,20)21)14(27)25(15(28)22-17)9-11-8-13(26)24(3)16(29)23(11)2/h4-8H,9H2,1-3H3,(H,22,28). The van der Waals surface area contributed by atoms with Crippen LogP contribution in [0.1, 0.15) is 18.2 Å². The number of hydrogen-bond acceptors (Lipinski definition) is 5. The molecule has 1 N–H and O–H groups in total. The van der Waals surface area contributed by atoms with Gasteiger partial charge in [-0.2, -0.15) is 0 Å². The number of imide groups is 1. The SMILES string of the molecule is Cn1c(CN2C(=O)NC(C)(c3ccc(OC(F)(F)F)cc3)C2=O)cc(=O)n(C)c1=O. The summed E-state index contributed by atoms with van der Waals surface area (Å²) in [7, 11) is 2.69. The Morgan fingerprint density at radius 2 is 1.63 bits per heavy atom. The minimum Gasteiger partial charge on any atom is -0.406 e. The molecule has 0 spiro atoms. The average molecular weight is 426 g/mol. The third kappa shape index (κ3) is 3.67. The molecule has 1 unspecified atom stereocenters. The molecule has 0 radical (unpaired) electrons. The van der Waals surface area contributed by atoms with Crippen LogP contribution < -0.4 is 21.3 Å². The van der Waals surface area contributed by atoms with E-state index in [4.69, 9.17) is 0 Å². The molecule has 0 saturated carbocycles. The van der Waals surface area contributed by atoms with Gasteiger partial charge in [-0.25, -0.2) is 9.59 Å². The lowest BCUT2D eigenvalue weighted by Crippen LogP contribution is -2.42. The molecule has 1 aliphatic rings. The molecule has 1 aliphatic heterocycles. The van der Waals surface area contributed by atoms with Gasteiger partial charge < -0.3 is 10.1 Å². The summed E-state index contributed by atoms with van der Waals surface area (Å²) >= 11 is 0. The first-order valence-corrected chi connectivity index (χ1v) is 8.60. The van der Waals surface area contributed by atoms with Crippen LogP contribution in [0.25, 0.3) is 0 Å². The van der Waals surface area contributed by atoms with Gasteiger partial charge in [-0.3, -0.25) is 23.6 Å². The van der Waals surface area contributed by atoms with E-state index < -0.39 is 40.8 Å². The maximum atomic E-state index is 13.0. The van der Waals surface area contributed by atoms with E-state index in [0.717, 1.165) is 32.2 Å². The highest BCUT2D eigenvalue weighted by Crippen LogP contribution is 2.31. The zero-order valence-electron chi connectivity index (χ0n) is 16.1. The molecule has 160 valence electrons. The van der Waals surface area contributed by atoms with Crippen molar-refractivity contribution in [2.45, 2.75) is 25.4 Å². The Balaban J connectivity index is 1.89. The fraction of sp³-hybridized carbons (Fsp3) is 0.333. The Hall–Kier alpha value is -3.57. The van der Waals surface area contributed by atoms with Crippen molar-refractivity contribution in [1.29, 1.82) is 0 Å². The number of rotatable bonds is 4. The second-order valence-corrected chi connectivity index (χ2v) is 6.89. The highest BCUT2D eigenvalue weighted by molar-refractivity contribution is 6.07. The maximum absolute atomic E-state index is 13.0. The van der Waals surface area contributed by atoms with E-state index in [1.54, 1.807) is 0 Å². The highest BCUT2D eigenvalue weighted by Gasteiger charge is 2.49. The van der Waals surface area contributed by atoms with E-state index in [0.29, 0.717) is 0 Å². The Morgan fingerprint density at radius 1 is 1.03 bits per heavy atom. The number of nitrogens with zero attached hydrogens (tertiary/aromatic N) is 3. The van der Waals surface area contributed by atoms with Gasteiger partial charge in [0.15, 0.2) is 0 Å². The van der Waals surface area contributed by atoms with Crippen LogP contribution in [0.3, 0.4) is 0 Å². The zero-order valence-corrected chi connectivity index (χ0v) is 16.1. The fourth-order valence-electron chi connectivity index (χ4n) is 3.12. The largest absolute Gasteiger partial charge is 0.573 e. The Kier molecular flexibility index (Phi) is 4.96. The number of alkyl halides is 3. The van der Waals surface area contributed by atoms with Gasteiger partial charge in [0.25, 0.3) is 11.5 Å². The number of aromatic nitrogens is 2. The second-order valence-electron chi connectivity index (χ2n) is 6.89. The third-order valence-electron chi connectivity index (χ3n) is 4.89. The summed E-state index contributed by atoms with van der Waals surface area (Å²) in [6, 6.07) is 4.89. The molecule has 30 heavy (non-hydrogen) atoms. The molecule has 2 heterocycles. The molecular weight excluding hydrogens is 409 g/mol. The smallest absolute Gasteiger partial charge is 0.406 e. The predicted molar refractivity (Wildman–Crippen MR) is 96.5 cm³/mol. The molecule has 3 amide bonds. The Bertz CT molecular complexity index is 1140. The van der Waals surface area contributed by atoms with Gasteiger partial charge in [-0.1, -0.05) is 12.1 Å². The lowest BCUT2D eigenvalue weighted by molar-refractivity contribution is -0.274. The van der Waals surface area contributed by atoms with Crippen LogP contribution in [0.4, 0.5) is 18.0 Å². The molecule has 12 heteroatoms. The summed E-state index contributed by atoms with van der Waals surface area (Å²) in [5.41, 5.74) is -2.39. The second kappa shape index (κ2) is 7.04. The molecule has 9 nitrogen and oxygen atoms in total. The van der Waals surface area contributed by atoms with Crippen molar-refractivity contribution in [2.75, 3.05) is 0 Å². The monoisotopic (exact) mass is 426 g/mol. The van der Waals surface area contributed by atoms with Crippen LogP contribution in [0, 0.1) is 0 Å². The Morgan fingerprint density at radius 3 is 2.20 bits per heavy atom. The topological polar surface area (TPSA) is 103 Å². The molecule has 0 bridgehead atoms. The number of nitrogens with one attached hydrogen (secondary N) is 1. The summed E-state index contributed by atoms with van der Waals surface area (Å²) in [4.78, 5) is 50.2. The number of ether oxygens (including phenoxy) is 1. The summed E-state index contributed by atoms with van der Waals surface area (Å²) in [6.07, 6.45) is -4.86. The molecule has 0 aliphatic carbocycles. The van der Waals surface area contributed by atoms with Gasteiger partial charge in [0.1, 0.15) is 11.3 Å². The van der Waals surface area contributed by atoms with Crippen molar-refractivity contribution < 1.29 is 27.5 Å². The minimum absolute atomic E-state index is 0.143. The maximum Gasteiger partial charge on any atom is 0.573 e. The van der Waals surface area contributed by atoms with Crippen LogP contribution in [0.5, 0.6) is 5.75 Å². The van der Waals surface area contributed by atoms with Crippen molar-refractivity contribution in [3.8, 4) is 5.75 Å². The quantitative estimate of drug-likeness (QED) is 0.734. The third-order valence-corrected chi connectivity index (χ3v) is 4.89. The van der Waals surface area contributed by atoms with Crippen LogP contribution >= 0.6 is 0 Å². The van der Waals surface area contributed by atoms with Gasteiger partial charge in [0.2, 0.25) is 0 Å². The summed E-state index contributed by atoms with van der Waals surface area (Å²) < 4.78 is 42.8. The van der Waals surface area contributed by atoms with E-state index >= 15 is 0 Å². The number of benzene rings is 1. The summed E-state index contributed by atoms with van der Waals surface area (Å²) in [5, 5.41) is 2.50. The first-order valence-electron chi connectivity index (χ1n) is 8.60. The first-order chi connectivity index (χ1) is 13.8. The minimum atomic E-state index is -4.86. The van der Waals surface area contributed by atoms with E-state index in [1.165, 1.54) is 33.2 Å². The Labute approximate surface area is 167 Å². The lowest BCUT2D eigenvalue weighted by atomic mass is 9.92. The summed E-state index contributed by atoms with van der Waals surface area (Å²) in [6.45, 7) is 1.06. The first kappa shape index (κ1) is 21.1. The van der Waals surface area contributed by atoms with Crippen molar-refractivity contribution in [2.24, 2.45) is 14.1 Å². The van der Waals surface area contributed by atoms with Crippen LogP contribution in [0.2, 0.25) is 0 Å². The van der Waals surface area contributed by atoms with Crippen LogP contribution in [-0.4, -0.2) is 32.3 Å². The van der Waals surface area contributed by atoms with Gasteiger partial charge in [-0.05, 0) is 24.6 Å². The molecule has 3 rings (SSSR count). The van der Waals surface area contributed by atoms with Crippen LogP contribution in [0.15, 0.2) is 39.9 Å². The van der Waals surface area contributed by atoms with Gasteiger partial charge in [0.05, 0.1) is 6.54 Å². The number of carbonyl (C=O) groups is 2. The van der Waals surface area contributed by atoms with E-state index in [-0.39, 0.29) is 17.8 Å². The van der Waals surface area contributed by atoms with Crippen molar-refractivity contribution >= 4 is 11.9 Å². The zero-order chi connectivity index (χ0) is 22.4. The van der Waals surface area contributed by atoms with Crippen molar-refractivity contribution in [3.63, 3.8) is 0 Å². The molecule has 1 fully saturated rings. The number of amides is 3. The predicted octanol–water partition coefficient (Wildman–Crippen LogP) is 0.950.